The normalized spacial score (nSPS) is 13.3. The first-order valence-electron chi connectivity index (χ1n) is 12.2. The van der Waals surface area contributed by atoms with Crippen LogP contribution in [0, 0.1) is 6.92 Å². The van der Waals surface area contributed by atoms with Crippen LogP contribution < -0.4 is 20.7 Å². The predicted octanol–water partition coefficient (Wildman–Crippen LogP) is 5.27. The molecule has 1 saturated heterocycles. The van der Waals surface area contributed by atoms with Crippen molar-refractivity contribution in [3.63, 3.8) is 0 Å². The number of amides is 2. The zero-order valence-electron chi connectivity index (χ0n) is 21.3. The molecular weight excluding hydrogens is 502 g/mol. The van der Waals surface area contributed by atoms with Gasteiger partial charge in [-0.15, -0.1) is 0 Å². The molecule has 194 valence electrons. The van der Waals surface area contributed by atoms with Gasteiger partial charge in [-0.2, -0.15) is 11.3 Å². The van der Waals surface area contributed by atoms with Crippen LogP contribution >= 0.6 is 11.3 Å². The zero-order valence-corrected chi connectivity index (χ0v) is 22.1. The number of aryl methyl sites for hydroxylation is 2. The summed E-state index contributed by atoms with van der Waals surface area (Å²) in [5, 5.41) is 16.4. The Balaban J connectivity index is 1.49. The van der Waals surface area contributed by atoms with Crippen LogP contribution in [0.5, 0.6) is 0 Å². The van der Waals surface area contributed by atoms with Crippen molar-refractivity contribution in [2.24, 2.45) is 7.05 Å². The number of anilines is 4. The standard InChI is InChI=1S/C28H27N5O4S/c1-4-18-14-19(8-9-22(18)27(35)36)29-25-26(34)31(3)15-23(30-25)21-6-5-7-24(17(21)2)33-12-11-32(28(33)37)20-10-13-38-16-20/h5-10,13-16H,4,11-12H2,1-3H3,(H,29,30)(H,35,36). The van der Waals surface area contributed by atoms with Crippen LogP contribution in [-0.4, -0.2) is 39.7 Å². The molecule has 38 heavy (non-hydrogen) atoms. The first-order valence-corrected chi connectivity index (χ1v) is 13.1. The van der Waals surface area contributed by atoms with Gasteiger partial charge in [0.2, 0.25) is 0 Å². The number of aromatic carboxylic acids is 1. The lowest BCUT2D eigenvalue weighted by Crippen LogP contribution is -2.31. The van der Waals surface area contributed by atoms with E-state index in [0.29, 0.717) is 36.5 Å². The van der Waals surface area contributed by atoms with E-state index in [4.69, 9.17) is 0 Å². The van der Waals surface area contributed by atoms with Gasteiger partial charge in [-0.05, 0) is 60.2 Å². The second-order valence-corrected chi connectivity index (χ2v) is 9.84. The molecule has 0 atom stereocenters. The zero-order chi connectivity index (χ0) is 27.0. The number of hydrogen-bond donors (Lipinski definition) is 2. The van der Waals surface area contributed by atoms with Gasteiger partial charge in [-0.25, -0.2) is 14.6 Å². The summed E-state index contributed by atoms with van der Waals surface area (Å²) in [4.78, 5) is 45.8. The fraction of sp³-hybridized carbons (Fsp3) is 0.214. The van der Waals surface area contributed by atoms with E-state index in [9.17, 15) is 19.5 Å². The minimum absolute atomic E-state index is 0.0732. The highest BCUT2D eigenvalue weighted by atomic mass is 32.1. The van der Waals surface area contributed by atoms with Crippen molar-refractivity contribution in [2.45, 2.75) is 20.3 Å². The van der Waals surface area contributed by atoms with E-state index in [2.05, 4.69) is 10.3 Å². The van der Waals surface area contributed by atoms with E-state index in [0.717, 1.165) is 22.5 Å². The number of carbonyl (C=O) groups is 2. The number of benzene rings is 2. The summed E-state index contributed by atoms with van der Waals surface area (Å²) < 4.78 is 1.46. The number of aromatic nitrogens is 2. The lowest BCUT2D eigenvalue weighted by molar-refractivity contribution is 0.0695. The number of rotatable bonds is 7. The van der Waals surface area contributed by atoms with E-state index in [1.165, 1.54) is 10.6 Å². The van der Waals surface area contributed by atoms with Gasteiger partial charge in [0.25, 0.3) is 5.56 Å². The molecule has 0 radical (unpaired) electrons. The van der Waals surface area contributed by atoms with Gasteiger partial charge in [0.15, 0.2) is 5.82 Å². The van der Waals surface area contributed by atoms with Gasteiger partial charge in [-0.3, -0.25) is 14.6 Å². The highest BCUT2D eigenvalue weighted by Gasteiger charge is 2.32. The fourth-order valence-electron chi connectivity index (χ4n) is 4.73. The SMILES string of the molecule is CCc1cc(Nc2nc(-c3cccc(N4CCN(c5ccsc5)C4=O)c3C)cn(C)c2=O)ccc1C(=O)O. The molecule has 0 saturated carbocycles. The Hall–Kier alpha value is -4.44. The monoisotopic (exact) mass is 529 g/mol. The van der Waals surface area contributed by atoms with E-state index in [1.807, 2.05) is 48.9 Å². The molecule has 1 aliphatic rings. The predicted molar refractivity (Wildman–Crippen MR) is 150 cm³/mol. The summed E-state index contributed by atoms with van der Waals surface area (Å²) in [5.41, 5.74) is 5.11. The van der Waals surface area contributed by atoms with E-state index >= 15 is 0 Å². The average molecular weight is 530 g/mol. The summed E-state index contributed by atoms with van der Waals surface area (Å²) >= 11 is 1.56. The molecule has 2 N–H and O–H groups in total. The van der Waals surface area contributed by atoms with Crippen molar-refractivity contribution < 1.29 is 14.7 Å². The van der Waals surface area contributed by atoms with Crippen LogP contribution in [0.15, 0.2) is 64.2 Å². The van der Waals surface area contributed by atoms with Gasteiger partial charge < -0.3 is 15.0 Å². The Kier molecular flexibility index (Phi) is 6.73. The van der Waals surface area contributed by atoms with E-state index < -0.39 is 5.97 Å². The maximum atomic E-state index is 13.2. The maximum absolute atomic E-state index is 13.2. The van der Waals surface area contributed by atoms with E-state index in [1.54, 1.807) is 46.5 Å². The Bertz CT molecular complexity index is 1600. The lowest BCUT2D eigenvalue weighted by Gasteiger charge is -2.21. The minimum Gasteiger partial charge on any atom is -0.478 e. The third kappa shape index (κ3) is 4.54. The molecule has 0 aliphatic carbocycles. The third-order valence-electron chi connectivity index (χ3n) is 6.75. The van der Waals surface area contributed by atoms with E-state index in [-0.39, 0.29) is 23.0 Å². The number of carboxylic acid groups (broad SMARTS) is 1. The molecule has 2 aromatic carbocycles. The van der Waals surface area contributed by atoms with Gasteiger partial charge in [0.05, 0.1) is 16.9 Å². The van der Waals surface area contributed by atoms with Crippen LogP contribution in [0.1, 0.15) is 28.4 Å². The molecule has 0 spiro atoms. The third-order valence-corrected chi connectivity index (χ3v) is 7.42. The maximum Gasteiger partial charge on any atom is 0.335 e. The van der Waals surface area contributed by atoms with Crippen molar-refractivity contribution in [1.82, 2.24) is 9.55 Å². The Labute approximate surface area is 223 Å². The summed E-state index contributed by atoms with van der Waals surface area (Å²) in [5.74, 6) is -0.865. The van der Waals surface area contributed by atoms with Crippen molar-refractivity contribution in [1.29, 1.82) is 0 Å². The first kappa shape index (κ1) is 25.2. The number of nitrogens with zero attached hydrogens (tertiary/aromatic N) is 4. The van der Waals surface area contributed by atoms with Crippen LogP contribution in [0.3, 0.4) is 0 Å². The van der Waals surface area contributed by atoms with Crippen molar-refractivity contribution in [3.8, 4) is 11.3 Å². The molecule has 1 aliphatic heterocycles. The molecule has 0 bridgehead atoms. The van der Waals surface area contributed by atoms with Gasteiger partial charge in [0, 0.05) is 48.7 Å². The Morgan fingerprint density at radius 2 is 1.92 bits per heavy atom. The van der Waals surface area contributed by atoms with Crippen molar-refractivity contribution >= 4 is 46.2 Å². The number of thiophene rings is 1. The quantitative estimate of drug-likeness (QED) is 0.338. The molecular formula is C28H27N5O4S. The largest absolute Gasteiger partial charge is 0.478 e. The molecule has 2 aromatic heterocycles. The minimum atomic E-state index is -0.991. The highest BCUT2D eigenvalue weighted by Crippen LogP contribution is 2.33. The summed E-state index contributed by atoms with van der Waals surface area (Å²) in [6.07, 6.45) is 2.21. The highest BCUT2D eigenvalue weighted by molar-refractivity contribution is 7.08. The molecule has 2 amide bonds. The molecule has 1 fully saturated rings. The van der Waals surface area contributed by atoms with Crippen molar-refractivity contribution in [2.75, 3.05) is 28.2 Å². The Morgan fingerprint density at radius 3 is 2.63 bits per heavy atom. The summed E-state index contributed by atoms with van der Waals surface area (Å²) in [6.45, 7) is 5.00. The number of carbonyl (C=O) groups excluding carboxylic acids is 1. The number of nitrogens with one attached hydrogen (secondary N) is 1. The van der Waals surface area contributed by atoms with Gasteiger partial charge >= 0.3 is 12.0 Å². The number of hydrogen-bond acceptors (Lipinski definition) is 6. The smallest absolute Gasteiger partial charge is 0.335 e. The Morgan fingerprint density at radius 1 is 1.13 bits per heavy atom. The first-order chi connectivity index (χ1) is 18.3. The van der Waals surface area contributed by atoms with Gasteiger partial charge in [0.1, 0.15) is 0 Å². The van der Waals surface area contributed by atoms with Crippen molar-refractivity contribution in [3.05, 3.63) is 86.5 Å². The molecule has 0 unspecified atom stereocenters. The summed E-state index contributed by atoms with van der Waals surface area (Å²) in [6, 6.07) is 12.5. The molecule has 5 rings (SSSR count). The van der Waals surface area contributed by atoms with Crippen LogP contribution in [0.25, 0.3) is 11.3 Å². The fourth-order valence-corrected chi connectivity index (χ4v) is 5.37. The van der Waals surface area contributed by atoms with Crippen LogP contribution in [0.4, 0.5) is 27.7 Å². The molecule has 10 heteroatoms. The second-order valence-electron chi connectivity index (χ2n) is 9.06. The number of urea groups is 1. The second kappa shape index (κ2) is 10.1. The van der Waals surface area contributed by atoms with Crippen LogP contribution in [0.2, 0.25) is 0 Å². The van der Waals surface area contributed by atoms with Crippen LogP contribution in [-0.2, 0) is 13.5 Å². The average Bonchev–Trinajstić information content (AvgIpc) is 3.56. The molecule has 9 nitrogen and oxygen atoms in total. The lowest BCUT2D eigenvalue weighted by atomic mass is 10.0. The molecule has 4 aromatic rings. The van der Waals surface area contributed by atoms with Gasteiger partial charge in [-0.1, -0.05) is 19.1 Å². The summed E-state index contributed by atoms with van der Waals surface area (Å²) in [7, 11) is 1.66. The molecule has 3 heterocycles. The number of carboxylic acids is 1. The topological polar surface area (TPSA) is 108 Å².